The molecule has 2 atom stereocenters. The van der Waals surface area contributed by atoms with Gasteiger partial charge < -0.3 is 0 Å². The van der Waals surface area contributed by atoms with Crippen molar-refractivity contribution in [2.75, 3.05) is 6.54 Å². The van der Waals surface area contributed by atoms with Crippen LogP contribution in [0.15, 0.2) is 29.2 Å². The second-order valence-electron chi connectivity index (χ2n) is 6.87. The average molecular weight is 377 g/mol. The molecule has 2 unspecified atom stereocenters. The van der Waals surface area contributed by atoms with Gasteiger partial charge in [0.25, 0.3) is 0 Å². The van der Waals surface area contributed by atoms with Crippen LogP contribution in [0.4, 0.5) is 13.2 Å². The maximum Gasteiger partial charge on any atom is 0.393 e. The standard InChI is InChI=1S/C18H26F3NO2S/c1-3-4-5-6-7-16-12-15(18(19,20)21)13-22(16)25(23,24)17-10-8-14(2)9-11-17/h8-11,15-16H,3-7,12-13H2,1-2H3. The first-order chi connectivity index (χ1) is 11.7. The highest BCUT2D eigenvalue weighted by Crippen LogP contribution is 2.40. The lowest BCUT2D eigenvalue weighted by atomic mass is 10.0. The molecule has 142 valence electrons. The van der Waals surface area contributed by atoms with Crippen molar-refractivity contribution >= 4 is 10.0 Å². The second-order valence-corrected chi connectivity index (χ2v) is 8.76. The number of rotatable bonds is 7. The number of hydrogen-bond acceptors (Lipinski definition) is 2. The van der Waals surface area contributed by atoms with Crippen LogP contribution >= 0.6 is 0 Å². The van der Waals surface area contributed by atoms with E-state index in [9.17, 15) is 21.6 Å². The van der Waals surface area contributed by atoms with Crippen LogP contribution in [0.2, 0.25) is 0 Å². The molecule has 7 heteroatoms. The van der Waals surface area contributed by atoms with Crippen molar-refractivity contribution in [1.29, 1.82) is 0 Å². The summed E-state index contributed by atoms with van der Waals surface area (Å²) in [7, 11) is -3.91. The Balaban J connectivity index is 2.21. The van der Waals surface area contributed by atoms with Gasteiger partial charge in [0.2, 0.25) is 10.0 Å². The zero-order valence-electron chi connectivity index (χ0n) is 14.7. The summed E-state index contributed by atoms with van der Waals surface area (Å²) in [5, 5.41) is 0. The van der Waals surface area contributed by atoms with E-state index in [4.69, 9.17) is 0 Å². The molecule has 2 rings (SSSR count). The van der Waals surface area contributed by atoms with E-state index in [-0.39, 0.29) is 11.3 Å². The SMILES string of the molecule is CCCCCCC1CC(C(F)(F)F)CN1S(=O)(=O)c1ccc(C)cc1. The molecule has 1 aromatic carbocycles. The van der Waals surface area contributed by atoms with Crippen LogP contribution in [0, 0.1) is 12.8 Å². The fourth-order valence-corrected chi connectivity index (χ4v) is 5.04. The molecule has 0 amide bonds. The third-order valence-electron chi connectivity index (χ3n) is 4.85. The average Bonchev–Trinajstić information content (AvgIpc) is 2.97. The minimum Gasteiger partial charge on any atom is -0.207 e. The number of halogens is 3. The zero-order chi connectivity index (χ0) is 18.7. The monoisotopic (exact) mass is 377 g/mol. The summed E-state index contributed by atoms with van der Waals surface area (Å²) in [6, 6.07) is 5.70. The lowest BCUT2D eigenvalue weighted by Crippen LogP contribution is -2.36. The van der Waals surface area contributed by atoms with Crippen LogP contribution in [0.3, 0.4) is 0 Å². The molecule has 0 N–H and O–H groups in total. The lowest BCUT2D eigenvalue weighted by Gasteiger charge is -2.24. The normalized spacial score (nSPS) is 22.4. The van der Waals surface area contributed by atoms with Crippen LogP contribution in [0.5, 0.6) is 0 Å². The molecule has 1 heterocycles. The predicted molar refractivity (Wildman–Crippen MR) is 91.8 cm³/mol. The van der Waals surface area contributed by atoms with Crippen LogP contribution < -0.4 is 0 Å². The number of aryl methyl sites for hydroxylation is 1. The molecule has 0 aromatic heterocycles. The number of unbranched alkanes of at least 4 members (excludes halogenated alkanes) is 3. The van der Waals surface area contributed by atoms with Gasteiger partial charge in [-0.25, -0.2) is 8.42 Å². The molecule has 0 saturated carbocycles. The third kappa shape index (κ3) is 4.97. The van der Waals surface area contributed by atoms with Gasteiger partial charge >= 0.3 is 6.18 Å². The van der Waals surface area contributed by atoms with Crippen LogP contribution in [0.25, 0.3) is 0 Å². The Hall–Kier alpha value is -1.08. The minimum atomic E-state index is -4.36. The van der Waals surface area contributed by atoms with E-state index in [1.807, 2.05) is 6.92 Å². The van der Waals surface area contributed by atoms with E-state index < -0.39 is 34.7 Å². The van der Waals surface area contributed by atoms with Gasteiger partial charge in [0, 0.05) is 12.6 Å². The van der Waals surface area contributed by atoms with E-state index >= 15 is 0 Å². The maximum atomic E-state index is 13.2. The summed E-state index contributed by atoms with van der Waals surface area (Å²) in [5.74, 6) is -1.58. The smallest absolute Gasteiger partial charge is 0.207 e. The van der Waals surface area contributed by atoms with Crippen molar-refractivity contribution in [2.45, 2.75) is 69.5 Å². The summed E-state index contributed by atoms with van der Waals surface area (Å²) in [6.07, 6.45) is -0.302. The van der Waals surface area contributed by atoms with E-state index in [0.717, 1.165) is 35.6 Å². The van der Waals surface area contributed by atoms with Crippen molar-refractivity contribution in [3.05, 3.63) is 29.8 Å². The van der Waals surface area contributed by atoms with Crippen molar-refractivity contribution in [1.82, 2.24) is 4.31 Å². The van der Waals surface area contributed by atoms with Gasteiger partial charge in [-0.2, -0.15) is 17.5 Å². The zero-order valence-corrected chi connectivity index (χ0v) is 15.5. The first-order valence-corrected chi connectivity index (χ1v) is 10.3. The van der Waals surface area contributed by atoms with Gasteiger partial charge in [0.15, 0.2) is 0 Å². The highest BCUT2D eigenvalue weighted by atomic mass is 32.2. The van der Waals surface area contributed by atoms with E-state index in [1.54, 1.807) is 12.1 Å². The Morgan fingerprint density at radius 2 is 1.76 bits per heavy atom. The maximum absolute atomic E-state index is 13.2. The summed E-state index contributed by atoms with van der Waals surface area (Å²) in [6.45, 7) is 3.42. The van der Waals surface area contributed by atoms with Gasteiger partial charge in [-0.05, 0) is 31.9 Å². The Morgan fingerprint density at radius 1 is 1.12 bits per heavy atom. The molecule has 3 nitrogen and oxygen atoms in total. The lowest BCUT2D eigenvalue weighted by molar-refractivity contribution is -0.169. The fraction of sp³-hybridized carbons (Fsp3) is 0.667. The largest absolute Gasteiger partial charge is 0.393 e. The number of benzene rings is 1. The molecule has 25 heavy (non-hydrogen) atoms. The van der Waals surface area contributed by atoms with Crippen LogP contribution in [0.1, 0.15) is 51.0 Å². The number of nitrogens with zero attached hydrogens (tertiary/aromatic N) is 1. The van der Waals surface area contributed by atoms with Gasteiger partial charge in [-0.3, -0.25) is 0 Å². The summed E-state index contributed by atoms with van der Waals surface area (Å²) in [5.41, 5.74) is 0.907. The molecule has 0 aliphatic carbocycles. The number of hydrogen-bond donors (Lipinski definition) is 0. The van der Waals surface area contributed by atoms with Crippen molar-refractivity contribution in [3.63, 3.8) is 0 Å². The Labute approximate surface area is 148 Å². The second kappa shape index (κ2) is 8.08. The van der Waals surface area contributed by atoms with Crippen molar-refractivity contribution in [3.8, 4) is 0 Å². The van der Waals surface area contributed by atoms with Crippen molar-refractivity contribution < 1.29 is 21.6 Å². The van der Waals surface area contributed by atoms with E-state index in [1.165, 1.54) is 12.1 Å². The Kier molecular flexibility index (Phi) is 6.54. The molecule has 0 spiro atoms. The third-order valence-corrected chi connectivity index (χ3v) is 6.78. The van der Waals surface area contributed by atoms with Crippen molar-refractivity contribution in [2.24, 2.45) is 5.92 Å². The summed E-state index contributed by atoms with van der Waals surface area (Å²) < 4.78 is 66.4. The molecule has 1 aromatic rings. The number of alkyl halides is 3. The Morgan fingerprint density at radius 3 is 2.32 bits per heavy atom. The van der Waals surface area contributed by atoms with E-state index in [2.05, 4.69) is 6.92 Å². The summed E-state index contributed by atoms with van der Waals surface area (Å²) in [4.78, 5) is 0.0690. The fourth-order valence-electron chi connectivity index (χ4n) is 3.33. The molecule has 0 bridgehead atoms. The molecule has 0 radical (unpaired) electrons. The van der Waals surface area contributed by atoms with Gasteiger partial charge in [-0.1, -0.05) is 50.3 Å². The summed E-state index contributed by atoms with van der Waals surface area (Å²) >= 11 is 0. The molecular formula is C18H26F3NO2S. The molecule has 1 aliphatic heterocycles. The van der Waals surface area contributed by atoms with Crippen LogP contribution in [-0.4, -0.2) is 31.5 Å². The first kappa shape index (κ1) is 20.2. The van der Waals surface area contributed by atoms with Gasteiger partial charge in [0.1, 0.15) is 0 Å². The highest BCUT2D eigenvalue weighted by Gasteiger charge is 2.50. The minimum absolute atomic E-state index is 0.0690. The number of sulfonamides is 1. The molecular weight excluding hydrogens is 351 g/mol. The molecule has 1 saturated heterocycles. The predicted octanol–water partition coefficient (Wildman–Crippen LogP) is 4.91. The molecule has 1 aliphatic rings. The topological polar surface area (TPSA) is 37.4 Å². The van der Waals surface area contributed by atoms with Crippen LogP contribution in [-0.2, 0) is 10.0 Å². The quantitative estimate of drug-likeness (QED) is 0.634. The highest BCUT2D eigenvalue weighted by molar-refractivity contribution is 7.89. The van der Waals surface area contributed by atoms with Gasteiger partial charge in [0.05, 0.1) is 10.8 Å². The van der Waals surface area contributed by atoms with E-state index in [0.29, 0.717) is 6.42 Å². The molecule has 1 fully saturated rings. The Bertz CT molecular complexity index is 656. The first-order valence-electron chi connectivity index (χ1n) is 8.81. The van der Waals surface area contributed by atoms with Gasteiger partial charge in [-0.15, -0.1) is 0 Å².